The highest BCUT2D eigenvalue weighted by molar-refractivity contribution is 7.92. The number of nitrogens with zero attached hydrogens (tertiary/aromatic N) is 2. The molecule has 0 amide bonds. The first kappa shape index (κ1) is 19.8. The van der Waals surface area contributed by atoms with Crippen molar-refractivity contribution in [1.82, 2.24) is 4.90 Å². The molecule has 0 atom stereocenters. The summed E-state index contributed by atoms with van der Waals surface area (Å²) < 4.78 is 27.8. The molecule has 0 fully saturated rings. The van der Waals surface area contributed by atoms with Crippen molar-refractivity contribution < 1.29 is 8.42 Å². The lowest BCUT2D eigenvalue weighted by molar-refractivity contribution is 0.419. The Bertz CT molecular complexity index is 747. The summed E-state index contributed by atoms with van der Waals surface area (Å²) in [7, 11) is 0.258. The first-order valence-corrected chi connectivity index (χ1v) is 10.3. The number of likely N-dealkylation sites (N-methyl/N-ethyl adjacent to an activating group) is 1. The van der Waals surface area contributed by atoms with Crippen LogP contribution in [0.5, 0.6) is 0 Å². The van der Waals surface area contributed by atoms with Gasteiger partial charge in [-0.25, -0.2) is 8.42 Å². The van der Waals surface area contributed by atoms with Crippen molar-refractivity contribution in [3.05, 3.63) is 60.2 Å². The van der Waals surface area contributed by atoms with E-state index in [1.807, 2.05) is 61.5 Å². The average Bonchev–Trinajstić information content (AvgIpc) is 2.61. The lowest BCUT2D eigenvalue weighted by atomic mass is 10.1. The van der Waals surface area contributed by atoms with Gasteiger partial charge in [0.1, 0.15) is 0 Å². The Morgan fingerprint density at radius 2 is 1.56 bits per heavy atom. The zero-order valence-corrected chi connectivity index (χ0v) is 16.3. The van der Waals surface area contributed by atoms with Gasteiger partial charge in [-0.1, -0.05) is 30.3 Å². The Balaban J connectivity index is 2.30. The Hall–Kier alpha value is -1.56. The molecule has 0 heterocycles. The van der Waals surface area contributed by atoms with Crippen LogP contribution < -0.4 is 4.31 Å². The minimum absolute atomic E-state index is 0.310. The predicted molar refractivity (Wildman–Crippen MR) is 105 cm³/mol. The van der Waals surface area contributed by atoms with Gasteiger partial charge in [0, 0.05) is 19.0 Å². The number of alkyl halides is 1. The quantitative estimate of drug-likeness (QED) is 0.624. The van der Waals surface area contributed by atoms with E-state index in [2.05, 4.69) is 0 Å². The summed E-state index contributed by atoms with van der Waals surface area (Å²) in [4.78, 5) is 2.28. The molecule has 0 saturated carbocycles. The van der Waals surface area contributed by atoms with Gasteiger partial charge in [-0.3, -0.25) is 4.31 Å². The van der Waals surface area contributed by atoms with Crippen molar-refractivity contribution in [3.63, 3.8) is 0 Å². The first-order valence-electron chi connectivity index (χ1n) is 8.32. The molecule has 0 radical (unpaired) electrons. The summed E-state index contributed by atoms with van der Waals surface area (Å²) in [6.45, 7) is 1.04. The first-order chi connectivity index (χ1) is 11.9. The normalized spacial score (nSPS) is 11.7. The summed E-state index contributed by atoms with van der Waals surface area (Å²) in [6, 6.07) is 16.3. The second-order valence-corrected chi connectivity index (χ2v) is 8.39. The maximum atomic E-state index is 13.2. The third-order valence-electron chi connectivity index (χ3n) is 3.90. The van der Waals surface area contributed by atoms with Crippen LogP contribution in [-0.2, 0) is 16.4 Å². The summed E-state index contributed by atoms with van der Waals surface area (Å²) in [5.41, 5.74) is 1.77. The van der Waals surface area contributed by atoms with Gasteiger partial charge in [-0.05, 0) is 56.8 Å². The summed E-state index contributed by atoms with van der Waals surface area (Å²) in [5.74, 6) is 0.604. The smallest absolute Gasteiger partial charge is 0.264 e. The Kier molecular flexibility index (Phi) is 7.29. The van der Waals surface area contributed by atoms with Crippen molar-refractivity contribution in [3.8, 4) is 0 Å². The molecule has 4 nitrogen and oxygen atoms in total. The van der Waals surface area contributed by atoms with Crippen LogP contribution >= 0.6 is 11.6 Å². The maximum absolute atomic E-state index is 13.2. The molecular weight excluding hydrogens is 356 g/mol. The molecule has 0 N–H and O–H groups in total. The number of hydrogen-bond donors (Lipinski definition) is 0. The predicted octanol–water partition coefficient (Wildman–Crippen LogP) is 3.61. The van der Waals surface area contributed by atoms with Gasteiger partial charge in [0.15, 0.2) is 0 Å². The van der Waals surface area contributed by atoms with E-state index in [-0.39, 0.29) is 0 Å². The number of para-hydroxylation sites is 1. The number of benzene rings is 2. The van der Waals surface area contributed by atoms with Crippen LogP contribution in [0.3, 0.4) is 0 Å². The van der Waals surface area contributed by atoms with Crippen molar-refractivity contribution in [2.45, 2.75) is 17.7 Å². The fourth-order valence-corrected chi connectivity index (χ4v) is 4.09. The molecule has 136 valence electrons. The van der Waals surface area contributed by atoms with Crippen molar-refractivity contribution in [1.29, 1.82) is 0 Å². The highest BCUT2D eigenvalue weighted by Gasteiger charge is 2.24. The fraction of sp³-hybridized carbons (Fsp3) is 0.368. The Morgan fingerprint density at radius 1 is 0.920 bits per heavy atom. The molecule has 0 aliphatic heterocycles. The van der Waals surface area contributed by atoms with E-state index < -0.39 is 10.0 Å². The van der Waals surface area contributed by atoms with Crippen LogP contribution in [0.15, 0.2) is 59.5 Å². The Morgan fingerprint density at radius 3 is 2.12 bits per heavy atom. The lowest BCUT2D eigenvalue weighted by Gasteiger charge is -2.26. The summed E-state index contributed by atoms with van der Waals surface area (Å²) in [6.07, 6.45) is 1.74. The van der Waals surface area contributed by atoms with Crippen LogP contribution in [0, 0.1) is 0 Å². The largest absolute Gasteiger partial charge is 0.308 e. The number of aryl methyl sites for hydroxylation is 1. The maximum Gasteiger partial charge on any atom is 0.264 e. The van der Waals surface area contributed by atoms with E-state index >= 15 is 0 Å². The minimum Gasteiger partial charge on any atom is -0.308 e. The summed E-state index contributed by atoms with van der Waals surface area (Å²) >= 11 is 5.72. The van der Waals surface area contributed by atoms with Gasteiger partial charge in [0.25, 0.3) is 10.0 Å². The van der Waals surface area contributed by atoms with Gasteiger partial charge in [-0.2, -0.15) is 0 Å². The zero-order valence-electron chi connectivity index (χ0n) is 14.7. The molecule has 25 heavy (non-hydrogen) atoms. The third kappa shape index (κ3) is 5.46. The minimum atomic E-state index is -3.61. The van der Waals surface area contributed by atoms with Crippen LogP contribution in [0.1, 0.15) is 12.0 Å². The topological polar surface area (TPSA) is 40.6 Å². The third-order valence-corrected chi connectivity index (χ3v) is 6.01. The molecule has 6 heteroatoms. The van der Waals surface area contributed by atoms with Crippen LogP contribution in [-0.4, -0.2) is 46.4 Å². The number of rotatable bonds is 9. The summed E-state index contributed by atoms with van der Waals surface area (Å²) in [5, 5.41) is 0. The standard InChI is InChI=1S/C19H25ClN2O2S/c1-21(2)15-16-22(18-8-4-3-5-9-18)25(23,24)19-12-10-17(11-13-19)7-6-14-20/h3-5,8-13H,6-7,14-16H2,1-2H3. The van der Waals surface area contributed by atoms with Crippen molar-refractivity contribution in [2.75, 3.05) is 37.4 Å². The van der Waals surface area contributed by atoms with Crippen LogP contribution in [0.25, 0.3) is 0 Å². The highest BCUT2D eigenvalue weighted by Crippen LogP contribution is 2.23. The SMILES string of the molecule is CN(C)CCN(c1ccccc1)S(=O)(=O)c1ccc(CCCCl)cc1. The molecule has 2 aromatic carbocycles. The molecule has 0 bridgehead atoms. The van der Waals surface area contributed by atoms with Crippen LogP contribution in [0.2, 0.25) is 0 Å². The molecule has 0 aliphatic rings. The molecule has 0 spiro atoms. The molecule has 0 aromatic heterocycles. The van der Waals surface area contributed by atoms with Crippen molar-refractivity contribution in [2.24, 2.45) is 0 Å². The molecule has 0 aliphatic carbocycles. The average molecular weight is 381 g/mol. The van der Waals surface area contributed by atoms with Gasteiger partial charge in [0.2, 0.25) is 0 Å². The van der Waals surface area contributed by atoms with Gasteiger partial charge >= 0.3 is 0 Å². The zero-order chi connectivity index (χ0) is 18.3. The highest BCUT2D eigenvalue weighted by atomic mass is 35.5. The fourth-order valence-electron chi connectivity index (χ4n) is 2.50. The number of halogens is 1. The number of sulfonamides is 1. The van der Waals surface area contributed by atoms with Crippen molar-refractivity contribution >= 4 is 27.3 Å². The molecule has 0 saturated heterocycles. The van der Waals surface area contributed by atoms with Gasteiger partial charge in [0.05, 0.1) is 10.6 Å². The van der Waals surface area contributed by atoms with E-state index in [1.54, 1.807) is 12.1 Å². The molecule has 2 rings (SSSR count). The second-order valence-electron chi connectivity index (χ2n) is 6.15. The van der Waals surface area contributed by atoms with E-state index in [1.165, 1.54) is 4.31 Å². The molecule has 2 aromatic rings. The number of hydrogen-bond acceptors (Lipinski definition) is 3. The van der Waals surface area contributed by atoms with Gasteiger partial charge < -0.3 is 4.90 Å². The number of anilines is 1. The van der Waals surface area contributed by atoms with E-state index in [4.69, 9.17) is 11.6 Å². The van der Waals surface area contributed by atoms with Gasteiger partial charge in [-0.15, -0.1) is 11.6 Å². The monoisotopic (exact) mass is 380 g/mol. The van der Waals surface area contributed by atoms with E-state index in [0.717, 1.165) is 18.4 Å². The molecular formula is C19H25ClN2O2S. The Labute approximate surface area is 156 Å². The van der Waals surface area contributed by atoms with E-state index in [9.17, 15) is 8.42 Å². The lowest BCUT2D eigenvalue weighted by Crippen LogP contribution is -2.36. The van der Waals surface area contributed by atoms with E-state index in [0.29, 0.717) is 29.6 Å². The van der Waals surface area contributed by atoms with Crippen LogP contribution in [0.4, 0.5) is 5.69 Å². The molecule has 0 unspecified atom stereocenters. The second kappa shape index (κ2) is 9.22.